The topological polar surface area (TPSA) is 48.1 Å². The molecule has 0 atom stereocenters. The molecule has 0 bridgehead atoms. The molecule has 3 nitrogen and oxygen atoms in total. The Kier molecular flexibility index (Phi) is 6.54. The van der Waals surface area contributed by atoms with Crippen molar-refractivity contribution in [2.24, 2.45) is 5.73 Å². The molecule has 2 heterocycles. The highest BCUT2D eigenvalue weighted by atomic mass is 35.5. The Labute approximate surface area is 121 Å². The monoisotopic (exact) mass is 318 g/mol. The highest BCUT2D eigenvalue weighted by Crippen LogP contribution is 2.31. The summed E-state index contributed by atoms with van der Waals surface area (Å²) in [6.45, 7) is 1.03. The second kappa shape index (κ2) is 6.74. The third-order valence-electron chi connectivity index (χ3n) is 2.99. The zero-order chi connectivity index (χ0) is 12.5. The van der Waals surface area contributed by atoms with E-state index in [0.29, 0.717) is 31.7 Å². The van der Waals surface area contributed by atoms with Gasteiger partial charge < -0.3 is 10.5 Å². The number of hydrogen-bond donors (Lipinski definition) is 1. The van der Waals surface area contributed by atoms with Crippen LogP contribution in [0.2, 0.25) is 0 Å². The first-order valence-corrected chi connectivity index (χ1v) is 5.32. The second-order valence-corrected chi connectivity index (χ2v) is 4.20. The SMILES string of the molecule is Cl.Cl.NC1(c2ccc(C(F)(F)F)cn2)CCOCC1. The number of rotatable bonds is 1. The van der Waals surface area contributed by atoms with Crippen molar-refractivity contribution in [3.63, 3.8) is 0 Å². The highest BCUT2D eigenvalue weighted by molar-refractivity contribution is 5.85. The number of ether oxygens (including phenoxy) is 1. The molecule has 1 fully saturated rings. The molecule has 1 aliphatic rings. The lowest BCUT2D eigenvalue weighted by atomic mass is 9.87. The molecule has 1 aliphatic heterocycles. The van der Waals surface area contributed by atoms with Crippen LogP contribution in [0.25, 0.3) is 0 Å². The number of nitrogens with zero attached hydrogens (tertiary/aromatic N) is 1. The molecule has 0 spiro atoms. The largest absolute Gasteiger partial charge is 0.417 e. The van der Waals surface area contributed by atoms with E-state index in [1.807, 2.05) is 0 Å². The first-order valence-electron chi connectivity index (χ1n) is 5.32. The quantitative estimate of drug-likeness (QED) is 0.866. The Morgan fingerprint density at radius 3 is 2.16 bits per heavy atom. The first kappa shape index (κ1) is 18.4. The Bertz CT molecular complexity index is 392. The Balaban J connectivity index is 0.00000162. The second-order valence-electron chi connectivity index (χ2n) is 4.20. The third-order valence-corrected chi connectivity index (χ3v) is 2.99. The molecule has 8 heteroatoms. The predicted octanol–water partition coefficient (Wildman–Crippen LogP) is 2.91. The molecule has 1 aromatic rings. The van der Waals surface area contributed by atoms with Gasteiger partial charge in [0.1, 0.15) is 0 Å². The molecule has 0 aliphatic carbocycles. The van der Waals surface area contributed by atoms with E-state index in [9.17, 15) is 13.2 Å². The Morgan fingerprint density at radius 2 is 1.74 bits per heavy atom. The normalized spacial score (nSPS) is 18.1. The number of halogens is 5. The van der Waals surface area contributed by atoms with Crippen LogP contribution in [0.3, 0.4) is 0 Å². The average molecular weight is 319 g/mol. The lowest BCUT2D eigenvalue weighted by Crippen LogP contribution is -2.42. The summed E-state index contributed by atoms with van der Waals surface area (Å²) in [6.07, 6.45) is -2.38. The van der Waals surface area contributed by atoms with Crippen LogP contribution >= 0.6 is 24.8 Å². The fourth-order valence-electron chi connectivity index (χ4n) is 1.85. The maximum absolute atomic E-state index is 12.4. The fourth-order valence-corrected chi connectivity index (χ4v) is 1.85. The van der Waals surface area contributed by atoms with Crippen molar-refractivity contribution in [2.45, 2.75) is 24.6 Å². The summed E-state index contributed by atoms with van der Waals surface area (Å²) >= 11 is 0. The molecule has 0 aromatic carbocycles. The van der Waals surface area contributed by atoms with Gasteiger partial charge in [-0.05, 0) is 25.0 Å². The zero-order valence-corrected chi connectivity index (χ0v) is 11.6. The lowest BCUT2D eigenvalue weighted by Gasteiger charge is -2.32. The van der Waals surface area contributed by atoms with E-state index < -0.39 is 17.3 Å². The zero-order valence-electron chi connectivity index (χ0n) is 9.94. The van der Waals surface area contributed by atoms with Crippen LogP contribution in [0.4, 0.5) is 13.2 Å². The van der Waals surface area contributed by atoms with Gasteiger partial charge in [-0.3, -0.25) is 4.98 Å². The maximum Gasteiger partial charge on any atom is 0.417 e. The van der Waals surface area contributed by atoms with Crippen molar-refractivity contribution in [3.05, 3.63) is 29.6 Å². The van der Waals surface area contributed by atoms with Crippen LogP contribution in [0.1, 0.15) is 24.1 Å². The predicted molar refractivity (Wildman–Crippen MR) is 69.7 cm³/mol. The summed E-state index contributed by atoms with van der Waals surface area (Å²) in [4.78, 5) is 3.84. The van der Waals surface area contributed by atoms with Crippen molar-refractivity contribution in [2.75, 3.05) is 13.2 Å². The summed E-state index contributed by atoms with van der Waals surface area (Å²) in [5.41, 5.74) is 5.19. The number of nitrogens with two attached hydrogens (primary N) is 1. The van der Waals surface area contributed by atoms with E-state index in [0.717, 1.165) is 12.3 Å². The third kappa shape index (κ3) is 4.21. The molecule has 0 saturated carbocycles. The molecule has 0 unspecified atom stereocenters. The van der Waals surface area contributed by atoms with E-state index in [1.165, 1.54) is 6.07 Å². The minimum atomic E-state index is -4.36. The van der Waals surface area contributed by atoms with E-state index in [4.69, 9.17) is 10.5 Å². The summed E-state index contributed by atoms with van der Waals surface area (Å²) in [5.74, 6) is 0. The van der Waals surface area contributed by atoms with Crippen LogP contribution in [0.15, 0.2) is 18.3 Å². The first-order chi connectivity index (χ1) is 7.92. The van der Waals surface area contributed by atoms with Gasteiger partial charge in [-0.1, -0.05) is 0 Å². The van der Waals surface area contributed by atoms with Crippen LogP contribution in [0.5, 0.6) is 0 Å². The van der Waals surface area contributed by atoms with E-state index >= 15 is 0 Å². The van der Waals surface area contributed by atoms with E-state index in [2.05, 4.69) is 4.98 Å². The standard InChI is InChI=1S/C11H13F3N2O.2ClH/c12-11(13,14)8-1-2-9(16-7-8)10(15)3-5-17-6-4-10;;/h1-2,7H,3-6,15H2;2*1H. The molecular weight excluding hydrogens is 304 g/mol. The van der Waals surface area contributed by atoms with Crippen LogP contribution < -0.4 is 5.73 Å². The van der Waals surface area contributed by atoms with Crippen molar-refractivity contribution >= 4 is 24.8 Å². The van der Waals surface area contributed by atoms with Crippen molar-refractivity contribution in [3.8, 4) is 0 Å². The molecular formula is C11H15Cl2F3N2O. The van der Waals surface area contributed by atoms with Gasteiger partial charge >= 0.3 is 6.18 Å². The van der Waals surface area contributed by atoms with Crippen molar-refractivity contribution in [1.29, 1.82) is 0 Å². The van der Waals surface area contributed by atoms with Crippen molar-refractivity contribution < 1.29 is 17.9 Å². The van der Waals surface area contributed by atoms with Gasteiger partial charge in [0, 0.05) is 19.4 Å². The van der Waals surface area contributed by atoms with Gasteiger partial charge in [-0.15, -0.1) is 24.8 Å². The lowest BCUT2D eigenvalue weighted by molar-refractivity contribution is -0.137. The minimum Gasteiger partial charge on any atom is -0.381 e. The molecule has 19 heavy (non-hydrogen) atoms. The summed E-state index contributed by atoms with van der Waals surface area (Å²) in [5, 5.41) is 0. The number of hydrogen-bond acceptors (Lipinski definition) is 3. The molecule has 0 radical (unpaired) electrons. The molecule has 1 saturated heterocycles. The number of aromatic nitrogens is 1. The Hall–Kier alpha value is -0.560. The van der Waals surface area contributed by atoms with Gasteiger partial charge in [0.15, 0.2) is 0 Å². The number of pyridine rings is 1. The summed E-state index contributed by atoms with van der Waals surface area (Å²) < 4.78 is 42.3. The van der Waals surface area contributed by atoms with E-state index in [-0.39, 0.29) is 24.8 Å². The summed E-state index contributed by atoms with van der Waals surface area (Å²) in [7, 11) is 0. The van der Waals surface area contributed by atoms with Gasteiger partial charge in [0.05, 0.1) is 16.8 Å². The van der Waals surface area contributed by atoms with Gasteiger partial charge in [-0.25, -0.2) is 0 Å². The smallest absolute Gasteiger partial charge is 0.381 e. The maximum atomic E-state index is 12.4. The fraction of sp³-hybridized carbons (Fsp3) is 0.545. The number of alkyl halides is 3. The average Bonchev–Trinajstić information content (AvgIpc) is 2.29. The molecule has 110 valence electrons. The Morgan fingerprint density at radius 1 is 1.16 bits per heavy atom. The van der Waals surface area contributed by atoms with Gasteiger partial charge in [0.2, 0.25) is 0 Å². The van der Waals surface area contributed by atoms with Crippen LogP contribution in [-0.4, -0.2) is 18.2 Å². The van der Waals surface area contributed by atoms with Crippen LogP contribution in [0, 0.1) is 0 Å². The highest BCUT2D eigenvalue weighted by Gasteiger charge is 2.34. The van der Waals surface area contributed by atoms with Crippen molar-refractivity contribution in [1.82, 2.24) is 4.98 Å². The van der Waals surface area contributed by atoms with Crippen LogP contribution in [-0.2, 0) is 16.5 Å². The summed E-state index contributed by atoms with van der Waals surface area (Å²) in [6, 6.07) is 2.38. The minimum absolute atomic E-state index is 0. The molecule has 0 amide bonds. The van der Waals surface area contributed by atoms with Gasteiger partial charge in [0.25, 0.3) is 0 Å². The van der Waals surface area contributed by atoms with E-state index in [1.54, 1.807) is 0 Å². The molecule has 2 rings (SSSR count). The molecule has 2 N–H and O–H groups in total. The van der Waals surface area contributed by atoms with Gasteiger partial charge in [-0.2, -0.15) is 13.2 Å². The molecule has 1 aromatic heterocycles.